The fourth-order valence-electron chi connectivity index (χ4n) is 1.00. The zero-order chi connectivity index (χ0) is 12.1. The lowest BCUT2D eigenvalue weighted by molar-refractivity contribution is -0.160. The Labute approximate surface area is 89.7 Å². The van der Waals surface area contributed by atoms with E-state index < -0.39 is 36.8 Å². The quantitative estimate of drug-likeness (QED) is 0.553. The van der Waals surface area contributed by atoms with Gasteiger partial charge in [0.05, 0.1) is 31.7 Å². The summed E-state index contributed by atoms with van der Waals surface area (Å²) in [6, 6.07) is 0. The molecule has 0 heterocycles. The second-order valence-electron chi connectivity index (χ2n) is 4.74. The van der Waals surface area contributed by atoms with Crippen LogP contribution < -0.4 is 0 Å². The number of hydrogen-bond acceptors (Lipinski definition) is 5. The maximum absolute atomic E-state index is 11.4. The summed E-state index contributed by atoms with van der Waals surface area (Å²) in [7, 11) is 0. The number of ether oxygens (including phenoxy) is 1. The standard InChI is InChI=1S/C10H20O5/c1-9(2,3)15-8(14)4-10(5-11,6-12)7-13/h11-13H,4-7H2,1-3H3. The van der Waals surface area contributed by atoms with E-state index in [9.17, 15) is 4.79 Å². The van der Waals surface area contributed by atoms with E-state index >= 15 is 0 Å². The zero-order valence-corrected chi connectivity index (χ0v) is 9.49. The van der Waals surface area contributed by atoms with Crippen molar-refractivity contribution in [2.75, 3.05) is 19.8 Å². The number of hydrogen-bond donors (Lipinski definition) is 3. The summed E-state index contributed by atoms with van der Waals surface area (Å²) < 4.78 is 5.03. The second kappa shape index (κ2) is 5.44. The molecule has 0 radical (unpaired) electrons. The van der Waals surface area contributed by atoms with Crippen LogP contribution >= 0.6 is 0 Å². The molecule has 0 saturated heterocycles. The SMILES string of the molecule is CC(C)(C)OC(=O)CC(CO)(CO)CO. The van der Waals surface area contributed by atoms with Gasteiger partial charge in [-0.05, 0) is 20.8 Å². The smallest absolute Gasteiger partial charge is 0.307 e. The van der Waals surface area contributed by atoms with Crippen molar-refractivity contribution in [3.8, 4) is 0 Å². The molecule has 0 spiro atoms. The first-order valence-electron chi connectivity index (χ1n) is 4.83. The Bertz CT molecular complexity index is 194. The van der Waals surface area contributed by atoms with Gasteiger partial charge in [-0.25, -0.2) is 0 Å². The van der Waals surface area contributed by atoms with Crippen LogP contribution in [0, 0.1) is 5.41 Å². The molecule has 0 amide bonds. The van der Waals surface area contributed by atoms with Gasteiger partial charge < -0.3 is 20.1 Å². The third-order valence-corrected chi connectivity index (χ3v) is 1.95. The summed E-state index contributed by atoms with van der Waals surface area (Å²) in [5.41, 5.74) is -1.80. The number of rotatable bonds is 5. The molecule has 0 aromatic rings. The third kappa shape index (κ3) is 5.11. The summed E-state index contributed by atoms with van der Waals surface area (Å²) >= 11 is 0. The first-order chi connectivity index (χ1) is 6.78. The molecule has 0 fully saturated rings. The molecule has 0 atom stereocenters. The van der Waals surface area contributed by atoms with Crippen molar-refractivity contribution in [1.82, 2.24) is 0 Å². The maximum Gasteiger partial charge on any atom is 0.307 e. The molecule has 90 valence electrons. The normalized spacial score (nSPS) is 12.7. The van der Waals surface area contributed by atoms with Gasteiger partial charge >= 0.3 is 5.97 Å². The number of carbonyl (C=O) groups excluding carboxylic acids is 1. The van der Waals surface area contributed by atoms with Gasteiger partial charge in [0.15, 0.2) is 0 Å². The van der Waals surface area contributed by atoms with E-state index in [0.29, 0.717) is 0 Å². The summed E-state index contributed by atoms with van der Waals surface area (Å²) in [5, 5.41) is 27.0. The van der Waals surface area contributed by atoms with Crippen molar-refractivity contribution < 1.29 is 24.9 Å². The van der Waals surface area contributed by atoms with Crippen molar-refractivity contribution in [3.05, 3.63) is 0 Å². The Morgan fingerprint density at radius 1 is 1.07 bits per heavy atom. The van der Waals surface area contributed by atoms with Gasteiger partial charge in [-0.3, -0.25) is 4.79 Å². The molecule has 3 N–H and O–H groups in total. The van der Waals surface area contributed by atoms with Crippen LogP contribution in [0.3, 0.4) is 0 Å². The van der Waals surface area contributed by atoms with Crippen molar-refractivity contribution >= 4 is 5.97 Å². The Hall–Kier alpha value is -0.650. The van der Waals surface area contributed by atoms with Gasteiger partial charge in [0.25, 0.3) is 0 Å². The van der Waals surface area contributed by atoms with Gasteiger partial charge in [0, 0.05) is 0 Å². The second-order valence-corrected chi connectivity index (χ2v) is 4.74. The Balaban J connectivity index is 4.36. The van der Waals surface area contributed by atoms with Crippen LogP contribution in [-0.4, -0.2) is 46.7 Å². The molecule has 0 saturated carbocycles. The van der Waals surface area contributed by atoms with E-state index in [1.165, 1.54) is 0 Å². The molecule has 0 aliphatic carbocycles. The summed E-state index contributed by atoms with van der Waals surface area (Å²) in [6.07, 6.45) is -0.201. The summed E-state index contributed by atoms with van der Waals surface area (Å²) in [4.78, 5) is 11.4. The molecule has 5 heteroatoms. The average Bonchev–Trinajstić information content (AvgIpc) is 2.11. The Kier molecular flexibility index (Phi) is 5.20. The number of esters is 1. The van der Waals surface area contributed by atoms with Gasteiger partial charge in [0.1, 0.15) is 5.60 Å². The lowest BCUT2D eigenvalue weighted by Gasteiger charge is -2.28. The van der Waals surface area contributed by atoms with Crippen LogP contribution in [-0.2, 0) is 9.53 Å². The molecule has 5 nitrogen and oxygen atoms in total. The van der Waals surface area contributed by atoms with Crippen molar-refractivity contribution in [2.24, 2.45) is 5.41 Å². The van der Waals surface area contributed by atoms with Gasteiger partial charge in [-0.1, -0.05) is 0 Å². The molecular weight excluding hydrogens is 200 g/mol. The van der Waals surface area contributed by atoms with E-state index in [1.807, 2.05) is 0 Å². The highest BCUT2D eigenvalue weighted by atomic mass is 16.6. The van der Waals surface area contributed by atoms with Gasteiger partial charge in [-0.15, -0.1) is 0 Å². The van der Waals surface area contributed by atoms with E-state index in [2.05, 4.69) is 0 Å². The topological polar surface area (TPSA) is 87.0 Å². The third-order valence-electron chi connectivity index (χ3n) is 1.95. The van der Waals surface area contributed by atoms with Crippen molar-refractivity contribution in [2.45, 2.75) is 32.8 Å². The number of aliphatic hydroxyl groups excluding tert-OH is 3. The molecule has 0 aliphatic heterocycles. The summed E-state index contributed by atoms with van der Waals surface area (Å²) in [5.74, 6) is -0.542. The minimum atomic E-state index is -1.19. The molecule has 0 unspecified atom stereocenters. The summed E-state index contributed by atoms with van der Waals surface area (Å²) in [6.45, 7) is 3.80. The molecule has 0 aliphatic rings. The predicted molar refractivity (Wildman–Crippen MR) is 54.2 cm³/mol. The maximum atomic E-state index is 11.4. The fourth-order valence-corrected chi connectivity index (χ4v) is 1.00. The molecule has 0 aromatic carbocycles. The van der Waals surface area contributed by atoms with Crippen LogP contribution in [0.5, 0.6) is 0 Å². The lowest BCUT2D eigenvalue weighted by atomic mass is 9.87. The first kappa shape index (κ1) is 14.3. The van der Waals surface area contributed by atoms with E-state index in [0.717, 1.165) is 0 Å². The minimum absolute atomic E-state index is 0.201. The van der Waals surface area contributed by atoms with E-state index in [1.54, 1.807) is 20.8 Å². The Morgan fingerprint density at radius 3 is 1.73 bits per heavy atom. The highest BCUT2D eigenvalue weighted by Gasteiger charge is 2.33. The molecule has 0 bridgehead atoms. The van der Waals surface area contributed by atoms with Crippen LogP contribution in [0.2, 0.25) is 0 Å². The zero-order valence-electron chi connectivity index (χ0n) is 9.49. The van der Waals surface area contributed by atoms with Gasteiger partial charge in [0.2, 0.25) is 0 Å². The Morgan fingerprint density at radius 2 is 1.47 bits per heavy atom. The average molecular weight is 220 g/mol. The lowest BCUT2D eigenvalue weighted by Crippen LogP contribution is -2.38. The fraction of sp³-hybridized carbons (Fsp3) is 0.900. The van der Waals surface area contributed by atoms with Crippen molar-refractivity contribution in [1.29, 1.82) is 0 Å². The van der Waals surface area contributed by atoms with Crippen molar-refractivity contribution in [3.63, 3.8) is 0 Å². The van der Waals surface area contributed by atoms with Crippen LogP contribution in [0.15, 0.2) is 0 Å². The monoisotopic (exact) mass is 220 g/mol. The molecule has 0 rings (SSSR count). The van der Waals surface area contributed by atoms with Crippen LogP contribution in [0.4, 0.5) is 0 Å². The number of aliphatic hydroxyl groups is 3. The van der Waals surface area contributed by atoms with Crippen LogP contribution in [0.1, 0.15) is 27.2 Å². The van der Waals surface area contributed by atoms with Gasteiger partial charge in [-0.2, -0.15) is 0 Å². The molecular formula is C10H20O5. The first-order valence-corrected chi connectivity index (χ1v) is 4.83. The molecule has 15 heavy (non-hydrogen) atoms. The number of carbonyl (C=O) groups is 1. The largest absolute Gasteiger partial charge is 0.460 e. The molecule has 0 aromatic heterocycles. The minimum Gasteiger partial charge on any atom is -0.460 e. The predicted octanol–water partition coefficient (Wildman–Crippen LogP) is -0.318. The van der Waals surface area contributed by atoms with E-state index in [-0.39, 0.29) is 6.42 Å². The highest BCUT2D eigenvalue weighted by Crippen LogP contribution is 2.22. The van der Waals surface area contributed by atoms with E-state index in [4.69, 9.17) is 20.1 Å². The highest BCUT2D eigenvalue weighted by molar-refractivity contribution is 5.70. The van der Waals surface area contributed by atoms with Crippen LogP contribution in [0.25, 0.3) is 0 Å².